The highest BCUT2D eigenvalue weighted by molar-refractivity contribution is 7.88. The second kappa shape index (κ2) is 7.28. The molecule has 0 aliphatic heterocycles. The average Bonchev–Trinajstić information content (AvgIpc) is 3.25. The van der Waals surface area contributed by atoms with E-state index in [1.807, 2.05) is 0 Å². The number of hydrogen-bond donors (Lipinski definition) is 2. The molecule has 26 heavy (non-hydrogen) atoms. The van der Waals surface area contributed by atoms with Crippen LogP contribution in [-0.4, -0.2) is 20.1 Å². The minimum atomic E-state index is -3.95. The fourth-order valence-electron chi connectivity index (χ4n) is 2.52. The summed E-state index contributed by atoms with van der Waals surface area (Å²) in [4.78, 5) is 0.526. The van der Waals surface area contributed by atoms with Crippen molar-refractivity contribution in [3.63, 3.8) is 0 Å². The van der Waals surface area contributed by atoms with E-state index in [9.17, 15) is 22.3 Å². The van der Waals surface area contributed by atoms with Crippen LogP contribution in [0.5, 0.6) is 0 Å². The predicted molar refractivity (Wildman–Crippen MR) is 93.0 cm³/mol. The fourth-order valence-corrected chi connectivity index (χ4v) is 4.51. The zero-order chi connectivity index (χ0) is 18.8. The first-order valence-electron chi connectivity index (χ1n) is 7.50. The van der Waals surface area contributed by atoms with Crippen LogP contribution in [0.1, 0.15) is 16.0 Å². The highest BCUT2D eigenvalue weighted by Crippen LogP contribution is 2.32. The summed E-state index contributed by atoms with van der Waals surface area (Å²) in [6, 6.07) is 7.50. The minimum absolute atomic E-state index is 0.0297. The molecule has 0 fully saturated rings. The standard InChI is InChI=1S/C17H15F2NO4S2/c18-14-6-12(7-15(19)8-14)10-26(22,23)20-11-17(21,13-3-4-24-9-13)16-2-1-5-25-16/h1-9,20-21H,10-11H2/t17-/m0/s1. The number of furan rings is 1. The normalized spacial score (nSPS) is 14.3. The number of hydrogen-bond acceptors (Lipinski definition) is 5. The monoisotopic (exact) mass is 399 g/mol. The van der Waals surface area contributed by atoms with Crippen LogP contribution in [0.2, 0.25) is 0 Å². The third-order valence-corrected chi connectivity index (χ3v) is 6.07. The van der Waals surface area contributed by atoms with Crippen LogP contribution in [0, 0.1) is 11.6 Å². The highest BCUT2D eigenvalue weighted by atomic mass is 32.2. The van der Waals surface area contributed by atoms with Crippen molar-refractivity contribution in [3.05, 3.63) is 81.9 Å². The van der Waals surface area contributed by atoms with E-state index < -0.39 is 33.0 Å². The molecule has 0 bridgehead atoms. The Morgan fingerprint density at radius 1 is 1.19 bits per heavy atom. The Morgan fingerprint density at radius 2 is 1.92 bits per heavy atom. The molecular formula is C17H15F2NO4S2. The topological polar surface area (TPSA) is 79.5 Å². The van der Waals surface area contributed by atoms with Crippen molar-refractivity contribution < 1.29 is 26.7 Å². The van der Waals surface area contributed by atoms with E-state index in [1.165, 1.54) is 29.9 Å². The number of aliphatic hydroxyl groups is 1. The molecule has 0 saturated heterocycles. The number of nitrogens with one attached hydrogen (secondary N) is 1. The molecule has 138 valence electrons. The van der Waals surface area contributed by atoms with Crippen molar-refractivity contribution in [3.8, 4) is 0 Å². The quantitative estimate of drug-likeness (QED) is 0.640. The Labute approximate surface area is 153 Å². The van der Waals surface area contributed by atoms with E-state index in [0.29, 0.717) is 16.5 Å². The number of thiophene rings is 1. The predicted octanol–water partition coefficient (Wildman–Crippen LogP) is 2.97. The van der Waals surface area contributed by atoms with Gasteiger partial charge < -0.3 is 9.52 Å². The molecule has 2 aromatic heterocycles. The van der Waals surface area contributed by atoms with Gasteiger partial charge in [0.25, 0.3) is 0 Å². The van der Waals surface area contributed by atoms with Gasteiger partial charge in [0.1, 0.15) is 17.2 Å². The van der Waals surface area contributed by atoms with Gasteiger partial charge in [-0.05, 0) is 35.2 Å². The Bertz CT molecular complexity index is 916. The van der Waals surface area contributed by atoms with E-state index in [2.05, 4.69) is 4.72 Å². The number of sulfonamides is 1. The Balaban J connectivity index is 1.80. The summed E-state index contributed by atoms with van der Waals surface area (Å²) in [5, 5.41) is 12.8. The Morgan fingerprint density at radius 3 is 2.50 bits per heavy atom. The lowest BCUT2D eigenvalue weighted by atomic mass is 9.95. The van der Waals surface area contributed by atoms with E-state index >= 15 is 0 Å². The molecule has 9 heteroatoms. The van der Waals surface area contributed by atoms with Crippen molar-refractivity contribution in [2.24, 2.45) is 0 Å². The Kier molecular flexibility index (Phi) is 5.24. The first-order valence-corrected chi connectivity index (χ1v) is 10.0. The third-order valence-electron chi connectivity index (χ3n) is 3.75. The van der Waals surface area contributed by atoms with Crippen molar-refractivity contribution in [2.45, 2.75) is 11.4 Å². The molecule has 0 aliphatic rings. The van der Waals surface area contributed by atoms with Crippen LogP contribution < -0.4 is 4.72 Å². The van der Waals surface area contributed by atoms with Crippen molar-refractivity contribution in [2.75, 3.05) is 6.54 Å². The van der Waals surface area contributed by atoms with Gasteiger partial charge in [0, 0.05) is 23.1 Å². The smallest absolute Gasteiger partial charge is 0.215 e. The van der Waals surface area contributed by atoms with Gasteiger partial charge in [-0.25, -0.2) is 21.9 Å². The lowest BCUT2D eigenvalue weighted by Gasteiger charge is -2.26. The van der Waals surface area contributed by atoms with E-state index in [1.54, 1.807) is 17.5 Å². The van der Waals surface area contributed by atoms with Gasteiger partial charge in [0.2, 0.25) is 10.0 Å². The lowest BCUT2D eigenvalue weighted by molar-refractivity contribution is 0.0891. The average molecular weight is 399 g/mol. The summed E-state index contributed by atoms with van der Waals surface area (Å²) in [6.07, 6.45) is 2.70. The highest BCUT2D eigenvalue weighted by Gasteiger charge is 2.35. The molecule has 1 atom stereocenters. The second-order valence-electron chi connectivity index (χ2n) is 5.71. The summed E-state index contributed by atoms with van der Waals surface area (Å²) in [7, 11) is -3.95. The van der Waals surface area contributed by atoms with Gasteiger partial charge in [0.15, 0.2) is 0 Å². The zero-order valence-electron chi connectivity index (χ0n) is 13.4. The van der Waals surface area contributed by atoms with Gasteiger partial charge in [0.05, 0.1) is 18.3 Å². The van der Waals surface area contributed by atoms with Crippen molar-refractivity contribution >= 4 is 21.4 Å². The molecule has 0 radical (unpaired) electrons. The first kappa shape index (κ1) is 18.7. The molecule has 1 aromatic carbocycles. The Hall–Kier alpha value is -2.07. The molecule has 2 N–H and O–H groups in total. The molecule has 0 amide bonds. The van der Waals surface area contributed by atoms with Crippen LogP contribution >= 0.6 is 11.3 Å². The SMILES string of the molecule is O=S(=O)(Cc1cc(F)cc(F)c1)NC[C@](O)(c1ccoc1)c1cccs1. The van der Waals surface area contributed by atoms with Crippen LogP contribution in [-0.2, 0) is 21.4 Å². The number of halogens is 2. The van der Waals surface area contributed by atoms with Crippen LogP contribution in [0.25, 0.3) is 0 Å². The molecular weight excluding hydrogens is 384 g/mol. The van der Waals surface area contributed by atoms with E-state index in [-0.39, 0.29) is 12.1 Å². The summed E-state index contributed by atoms with van der Waals surface area (Å²) in [5.41, 5.74) is -1.26. The van der Waals surface area contributed by atoms with Crippen molar-refractivity contribution in [1.29, 1.82) is 0 Å². The van der Waals surface area contributed by atoms with Gasteiger partial charge in [-0.2, -0.15) is 0 Å². The van der Waals surface area contributed by atoms with E-state index in [0.717, 1.165) is 12.1 Å². The summed E-state index contributed by atoms with van der Waals surface area (Å²) in [6.45, 7) is -0.354. The van der Waals surface area contributed by atoms with Gasteiger partial charge in [-0.3, -0.25) is 0 Å². The second-order valence-corrected chi connectivity index (χ2v) is 8.46. The maximum atomic E-state index is 13.2. The largest absolute Gasteiger partial charge is 0.472 e. The molecule has 0 saturated carbocycles. The van der Waals surface area contributed by atoms with Gasteiger partial charge in [-0.15, -0.1) is 11.3 Å². The summed E-state index contributed by atoms with van der Waals surface area (Å²) >= 11 is 1.26. The molecule has 3 rings (SSSR count). The number of rotatable bonds is 7. The molecule has 0 spiro atoms. The fraction of sp³-hybridized carbons (Fsp3) is 0.176. The molecule has 0 aliphatic carbocycles. The van der Waals surface area contributed by atoms with E-state index in [4.69, 9.17) is 4.42 Å². The van der Waals surface area contributed by atoms with Crippen molar-refractivity contribution in [1.82, 2.24) is 4.72 Å². The summed E-state index contributed by atoms with van der Waals surface area (Å²) in [5.74, 6) is -2.33. The molecule has 3 aromatic rings. The van der Waals surface area contributed by atoms with Gasteiger partial charge >= 0.3 is 0 Å². The van der Waals surface area contributed by atoms with Crippen LogP contribution in [0.15, 0.2) is 58.7 Å². The van der Waals surface area contributed by atoms with Crippen LogP contribution in [0.4, 0.5) is 8.78 Å². The molecule has 0 unspecified atom stereocenters. The van der Waals surface area contributed by atoms with Crippen LogP contribution in [0.3, 0.4) is 0 Å². The first-order chi connectivity index (χ1) is 12.3. The maximum Gasteiger partial charge on any atom is 0.215 e. The minimum Gasteiger partial charge on any atom is -0.472 e. The third kappa shape index (κ3) is 4.18. The van der Waals surface area contributed by atoms with Gasteiger partial charge in [-0.1, -0.05) is 6.07 Å². The molecule has 5 nitrogen and oxygen atoms in total. The number of benzene rings is 1. The summed E-state index contributed by atoms with van der Waals surface area (Å²) < 4.78 is 58.4. The lowest BCUT2D eigenvalue weighted by Crippen LogP contribution is -2.41. The maximum absolute atomic E-state index is 13.2. The molecule has 2 heterocycles. The zero-order valence-corrected chi connectivity index (χ0v) is 15.0.